The average molecular weight is 126 g/mol. The van der Waals surface area contributed by atoms with E-state index in [9.17, 15) is 5.21 Å². The molecule has 0 saturated carbocycles. The minimum Gasteiger partial charge on any atom is -0.633 e. The zero-order valence-corrected chi connectivity index (χ0v) is 5.70. The number of hydrogen-bond donors (Lipinski definition) is 0. The van der Waals surface area contributed by atoms with E-state index in [0.29, 0.717) is 0 Å². The summed E-state index contributed by atoms with van der Waals surface area (Å²) in [6.07, 6.45) is 0. The molecule has 0 rings (SSSR count). The summed E-state index contributed by atoms with van der Waals surface area (Å²) in [5, 5.41) is 10.0. The van der Waals surface area contributed by atoms with Crippen molar-refractivity contribution in [2.45, 2.75) is 0 Å². The van der Waals surface area contributed by atoms with Gasteiger partial charge in [0.15, 0.2) is 0 Å². The molecule has 0 aromatic carbocycles. The molecule has 37 valence electrons. The second kappa shape index (κ2) is 2.64. The molecule has 0 saturated heterocycles. The SMILES string of the molecule is C[N+](C)(C)[O-].[V]. The van der Waals surface area contributed by atoms with Gasteiger partial charge in [-0.05, 0) is 0 Å². The summed E-state index contributed by atoms with van der Waals surface area (Å²) < 4.78 is -0.250. The Bertz CT molecular complexity index is 26.3. The summed E-state index contributed by atoms with van der Waals surface area (Å²) in [6, 6.07) is 0. The van der Waals surface area contributed by atoms with Crippen LogP contribution in [0.2, 0.25) is 0 Å². The van der Waals surface area contributed by atoms with Gasteiger partial charge in [0.2, 0.25) is 0 Å². The van der Waals surface area contributed by atoms with E-state index in [2.05, 4.69) is 0 Å². The molecular weight excluding hydrogens is 117 g/mol. The maximum atomic E-state index is 10.0. The predicted molar refractivity (Wildman–Crippen MR) is 21.4 cm³/mol. The molecule has 0 heterocycles. The minimum absolute atomic E-state index is 0. The molecule has 0 spiro atoms. The fourth-order valence-electron chi connectivity index (χ4n) is 0. The van der Waals surface area contributed by atoms with Crippen molar-refractivity contribution >= 4 is 0 Å². The Morgan fingerprint density at radius 1 is 1.17 bits per heavy atom. The fourth-order valence-corrected chi connectivity index (χ4v) is 0. The van der Waals surface area contributed by atoms with Crippen molar-refractivity contribution in [2.75, 3.05) is 21.1 Å². The Hall–Kier alpha value is 0.504. The van der Waals surface area contributed by atoms with Crippen LogP contribution in [0.4, 0.5) is 0 Å². The maximum absolute atomic E-state index is 10.0. The van der Waals surface area contributed by atoms with Crippen LogP contribution in [0.15, 0.2) is 0 Å². The predicted octanol–water partition coefficient (Wildman–Crippen LogP) is 0.188. The van der Waals surface area contributed by atoms with Crippen molar-refractivity contribution in [3.05, 3.63) is 5.21 Å². The van der Waals surface area contributed by atoms with Gasteiger partial charge >= 0.3 is 0 Å². The number of hydrogen-bond acceptors (Lipinski definition) is 1. The number of rotatable bonds is 0. The second-order valence-electron chi connectivity index (χ2n) is 1.89. The van der Waals surface area contributed by atoms with Gasteiger partial charge in [-0.1, -0.05) is 0 Å². The van der Waals surface area contributed by atoms with Crippen LogP contribution in [0.3, 0.4) is 0 Å². The van der Waals surface area contributed by atoms with Crippen molar-refractivity contribution in [3.63, 3.8) is 0 Å². The smallest absolute Gasteiger partial charge is 0.0674 e. The van der Waals surface area contributed by atoms with Crippen LogP contribution < -0.4 is 0 Å². The first-order valence-electron chi connectivity index (χ1n) is 1.52. The van der Waals surface area contributed by atoms with Gasteiger partial charge in [0, 0.05) is 18.6 Å². The Kier molecular flexibility index (Phi) is 4.27. The molecule has 0 N–H and O–H groups in total. The summed E-state index contributed by atoms with van der Waals surface area (Å²) >= 11 is 0. The van der Waals surface area contributed by atoms with E-state index in [1.165, 1.54) is 0 Å². The maximum Gasteiger partial charge on any atom is 0.0674 e. The molecule has 0 aliphatic carbocycles. The van der Waals surface area contributed by atoms with Gasteiger partial charge in [-0.2, -0.15) is 0 Å². The van der Waals surface area contributed by atoms with Gasteiger partial charge in [0.25, 0.3) is 0 Å². The fraction of sp³-hybridized carbons (Fsp3) is 1.00. The average Bonchev–Trinajstić information content (AvgIpc) is 0.722. The molecule has 0 atom stereocenters. The largest absolute Gasteiger partial charge is 0.633 e. The van der Waals surface area contributed by atoms with Gasteiger partial charge in [-0.15, -0.1) is 0 Å². The zero-order valence-electron chi connectivity index (χ0n) is 4.30. The molecule has 1 radical (unpaired) electrons. The molecule has 0 aromatic heterocycles. The van der Waals surface area contributed by atoms with Crippen molar-refractivity contribution in [2.24, 2.45) is 0 Å². The van der Waals surface area contributed by atoms with Gasteiger partial charge in [0.1, 0.15) is 0 Å². The normalized spacial score (nSPS) is 10.0. The van der Waals surface area contributed by atoms with Gasteiger partial charge in [0.05, 0.1) is 21.1 Å². The second-order valence-corrected chi connectivity index (χ2v) is 1.89. The van der Waals surface area contributed by atoms with E-state index >= 15 is 0 Å². The Labute approximate surface area is 50.2 Å². The third kappa shape index (κ3) is 217. The zero-order chi connectivity index (χ0) is 4.50. The quantitative estimate of drug-likeness (QED) is 0.335. The van der Waals surface area contributed by atoms with Crippen LogP contribution in [0.25, 0.3) is 0 Å². The number of nitrogens with zero attached hydrogens (tertiary/aromatic N) is 1. The molecule has 3 heteroatoms. The molecule has 0 aromatic rings. The molecule has 0 aliphatic rings. The van der Waals surface area contributed by atoms with Crippen LogP contribution in [-0.2, 0) is 18.6 Å². The first-order chi connectivity index (χ1) is 2.00. The Morgan fingerprint density at radius 3 is 1.17 bits per heavy atom. The van der Waals surface area contributed by atoms with Crippen LogP contribution in [0.5, 0.6) is 0 Å². The van der Waals surface area contributed by atoms with Crippen molar-refractivity contribution in [3.8, 4) is 0 Å². The Morgan fingerprint density at radius 2 is 1.17 bits per heavy atom. The van der Waals surface area contributed by atoms with Crippen molar-refractivity contribution < 1.29 is 23.2 Å². The van der Waals surface area contributed by atoms with Crippen LogP contribution in [0.1, 0.15) is 0 Å². The summed E-state index contributed by atoms with van der Waals surface area (Å²) in [5.74, 6) is 0. The van der Waals surface area contributed by atoms with E-state index in [1.54, 1.807) is 21.1 Å². The van der Waals surface area contributed by atoms with Crippen molar-refractivity contribution in [1.82, 2.24) is 0 Å². The summed E-state index contributed by atoms with van der Waals surface area (Å²) in [4.78, 5) is 0. The van der Waals surface area contributed by atoms with Crippen LogP contribution in [0, 0.1) is 5.21 Å². The third-order valence-corrected chi connectivity index (χ3v) is 0. The third-order valence-electron chi connectivity index (χ3n) is 0. The van der Waals surface area contributed by atoms with E-state index in [1.807, 2.05) is 0 Å². The molecule has 2 nitrogen and oxygen atoms in total. The topological polar surface area (TPSA) is 23.1 Å². The van der Waals surface area contributed by atoms with E-state index in [0.717, 1.165) is 0 Å². The minimum atomic E-state index is -0.250. The molecule has 0 bridgehead atoms. The van der Waals surface area contributed by atoms with Gasteiger partial charge in [-0.25, -0.2) is 0 Å². The van der Waals surface area contributed by atoms with Crippen molar-refractivity contribution in [1.29, 1.82) is 0 Å². The van der Waals surface area contributed by atoms with Crippen LogP contribution in [-0.4, -0.2) is 25.8 Å². The monoisotopic (exact) mass is 126 g/mol. The molecule has 0 aliphatic heterocycles. The van der Waals surface area contributed by atoms with E-state index < -0.39 is 0 Å². The molecular formula is C3H9NOV. The molecule has 0 amide bonds. The van der Waals surface area contributed by atoms with E-state index in [-0.39, 0.29) is 23.2 Å². The molecule has 6 heavy (non-hydrogen) atoms. The number of hydroxylamine groups is 3. The van der Waals surface area contributed by atoms with Crippen LogP contribution >= 0.6 is 0 Å². The standard InChI is InChI=1S/C3H9NO.V/c1-4(2,3)5;/h1-3H3;. The first kappa shape index (κ1) is 9.71. The summed E-state index contributed by atoms with van der Waals surface area (Å²) in [7, 11) is 4.71. The number of quaternary nitrogens is 1. The van der Waals surface area contributed by atoms with Gasteiger partial charge in [-0.3, -0.25) is 0 Å². The summed E-state index contributed by atoms with van der Waals surface area (Å²) in [6.45, 7) is 0. The molecule has 0 fully saturated rings. The summed E-state index contributed by atoms with van der Waals surface area (Å²) in [5.41, 5.74) is 0. The Balaban J connectivity index is 0. The molecule has 0 unspecified atom stereocenters. The van der Waals surface area contributed by atoms with E-state index in [4.69, 9.17) is 0 Å². The van der Waals surface area contributed by atoms with Gasteiger partial charge < -0.3 is 9.85 Å². The first-order valence-corrected chi connectivity index (χ1v) is 1.52.